The molecule has 3 aromatic carbocycles. The first-order chi connectivity index (χ1) is 13.2. The molecule has 0 aromatic heterocycles. The van der Waals surface area contributed by atoms with Gasteiger partial charge in [0.2, 0.25) is 0 Å². The van der Waals surface area contributed by atoms with E-state index in [-0.39, 0.29) is 13.2 Å². The van der Waals surface area contributed by atoms with Crippen LogP contribution in [0, 0.1) is 0 Å². The highest BCUT2D eigenvalue weighted by Crippen LogP contribution is 2.19. The normalized spacial score (nSPS) is 12.1. The Hall–Kier alpha value is -2.36. The maximum Gasteiger partial charge on any atom is 0.147 e. The van der Waals surface area contributed by atoms with Crippen LogP contribution in [0.5, 0.6) is 5.75 Å². The van der Waals surface area contributed by atoms with Crippen LogP contribution in [-0.4, -0.2) is 24.2 Å². The highest BCUT2D eigenvalue weighted by atomic mass is 35.5. The van der Waals surface area contributed by atoms with Gasteiger partial charge >= 0.3 is 0 Å². The fraction of sp³-hybridized carbons (Fsp3) is 0.217. The van der Waals surface area contributed by atoms with Crippen molar-refractivity contribution in [1.82, 2.24) is 4.90 Å². The molecule has 0 aliphatic heterocycles. The third-order valence-electron chi connectivity index (χ3n) is 4.23. The van der Waals surface area contributed by atoms with Gasteiger partial charge < -0.3 is 4.74 Å². The molecule has 0 saturated heterocycles. The van der Waals surface area contributed by atoms with Crippen LogP contribution < -0.4 is 4.74 Å². The first-order valence-corrected chi connectivity index (χ1v) is 9.40. The number of ether oxygens (including phenoxy) is 1. The van der Waals surface area contributed by atoms with E-state index in [1.54, 1.807) is 0 Å². The van der Waals surface area contributed by atoms with Crippen molar-refractivity contribution in [2.75, 3.05) is 13.2 Å². The molecule has 0 spiro atoms. The smallest absolute Gasteiger partial charge is 0.147 e. The SMILES string of the molecule is FC(COc1ccccc1)CN(Cc1ccccc1)Cc1ccccc1Cl. The average molecular weight is 384 g/mol. The summed E-state index contributed by atoms with van der Waals surface area (Å²) in [5, 5.41) is 0.700. The topological polar surface area (TPSA) is 12.5 Å². The summed E-state index contributed by atoms with van der Waals surface area (Å²) in [5.41, 5.74) is 2.13. The van der Waals surface area contributed by atoms with Crippen LogP contribution in [-0.2, 0) is 13.1 Å². The van der Waals surface area contributed by atoms with E-state index in [0.717, 1.165) is 11.1 Å². The number of halogens is 2. The summed E-state index contributed by atoms with van der Waals surface area (Å²) in [5.74, 6) is 0.681. The second-order valence-electron chi connectivity index (χ2n) is 6.47. The Bertz CT molecular complexity index is 813. The molecule has 0 fully saturated rings. The van der Waals surface area contributed by atoms with Crippen LogP contribution in [0.15, 0.2) is 84.9 Å². The lowest BCUT2D eigenvalue weighted by Crippen LogP contribution is -2.32. The minimum Gasteiger partial charge on any atom is -0.491 e. The van der Waals surface area contributed by atoms with E-state index >= 15 is 0 Å². The maximum atomic E-state index is 14.6. The monoisotopic (exact) mass is 383 g/mol. The molecule has 2 nitrogen and oxygen atoms in total. The molecule has 4 heteroatoms. The average Bonchev–Trinajstić information content (AvgIpc) is 2.70. The zero-order valence-electron chi connectivity index (χ0n) is 15.1. The molecule has 1 unspecified atom stereocenters. The zero-order chi connectivity index (χ0) is 18.9. The van der Waals surface area contributed by atoms with Crippen LogP contribution in [0.3, 0.4) is 0 Å². The number of benzene rings is 3. The predicted octanol–water partition coefficient (Wildman–Crippen LogP) is 5.76. The third-order valence-corrected chi connectivity index (χ3v) is 4.60. The lowest BCUT2D eigenvalue weighted by Gasteiger charge is -2.25. The molecule has 3 aromatic rings. The number of nitrogens with zero attached hydrogens (tertiary/aromatic N) is 1. The lowest BCUT2D eigenvalue weighted by molar-refractivity contribution is 0.129. The van der Waals surface area contributed by atoms with Crippen LogP contribution in [0.1, 0.15) is 11.1 Å². The van der Waals surface area contributed by atoms with Gasteiger partial charge in [0, 0.05) is 24.7 Å². The van der Waals surface area contributed by atoms with Crippen molar-refractivity contribution in [2.45, 2.75) is 19.3 Å². The van der Waals surface area contributed by atoms with Crippen LogP contribution in [0.4, 0.5) is 4.39 Å². The molecule has 0 aliphatic carbocycles. The van der Waals surface area contributed by atoms with Crippen LogP contribution >= 0.6 is 11.6 Å². The molecule has 0 aliphatic rings. The second-order valence-corrected chi connectivity index (χ2v) is 6.88. The van der Waals surface area contributed by atoms with E-state index in [2.05, 4.69) is 4.90 Å². The molecule has 0 N–H and O–H groups in total. The number of para-hydroxylation sites is 1. The van der Waals surface area contributed by atoms with Gasteiger partial charge in [-0.2, -0.15) is 0 Å². The fourth-order valence-corrected chi connectivity index (χ4v) is 3.13. The lowest BCUT2D eigenvalue weighted by atomic mass is 10.1. The number of alkyl halides is 1. The molecule has 0 bridgehead atoms. The van der Waals surface area contributed by atoms with Gasteiger partial charge in [0.25, 0.3) is 0 Å². The Labute approximate surface area is 165 Å². The van der Waals surface area contributed by atoms with Crippen molar-refractivity contribution in [3.63, 3.8) is 0 Å². The van der Waals surface area contributed by atoms with Crippen molar-refractivity contribution in [2.24, 2.45) is 0 Å². The molecular weight excluding hydrogens is 361 g/mol. The molecule has 0 radical (unpaired) electrons. The molecule has 27 heavy (non-hydrogen) atoms. The van der Waals surface area contributed by atoms with Crippen LogP contribution in [0.2, 0.25) is 5.02 Å². The number of rotatable bonds is 9. The standard InChI is InChI=1S/C23H23ClFNO/c24-23-14-8-7-11-20(23)16-26(15-19-9-3-1-4-10-19)17-21(25)18-27-22-12-5-2-6-13-22/h1-14,21H,15-18H2. The first-order valence-electron chi connectivity index (χ1n) is 9.02. The highest BCUT2D eigenvalue weighted by Gasteiger charge is 2.16. The van der Waals surface area contributed by atoms with Crippen molar-refractivity contribution < 1.29 is 9.13 Å². The number of hydrogen-bond acceptors (Lipinski definition) is 2. The van der Waals surface area contributed by atoms with Gasteiger partial charge in [0.05, 0.1) is 0 Å². The van der Waals surface area contributed by atoms with Crippen molar-refractivity contribution in [1.29, 1.82) is 0 Å². The zero-order valence-corrected chi connectivity index (χ0v) is 15.9. The summed E-state index contributed by atoms with van der Waals surface area (Å²) >= 11 is 6.30. The molecule has 0 saturated carbocycles. The fourth-order valence-electron chi connectivity index (χ4n) is 2.93. The Kier molecular flexibility index (Phi) is 7.26. The minimum atomic E-state index is -1.10. The van der Waals surface area contributed by atoms with Crippen molar-refractivity contribution >= 4 is 11.6 Å². The second kappa shape index (κ2) is 10.1. The minimum absolute atomic E-state index is 0.0256. The van der Waals surface area contributed by atoms with Crippen molar-refractivity contribution in [3.8, 4) is 5.75 Å². The third kappa shape index (κ3) is 6.38. The Balaban J connectivity index is 1.64. The van der Waals surface area contributed by atoms with Crippen LogP contribution in [0.25, 0.3) is 0 Å². The van der Waals surface area contributed by atoms with Crippen molar-refractivity contribution in [3.05, 3.63) is 101 Å². The Morgan fingerprint density at radius 3 is 2.15 bits per heavy atom. The summed E-state index contributed by atoms with van der Waals surface area (Å²) in [6, 6.07) is 27.1. The highest BCUT2D eigenvalue weighted by molar-refractivity contribution is 6.31. The Morgan fingerprint density at radius 1 is 0.815 bits per heavy atom. The van der Waals surface area contributed by atoms with E-state index in [1.807, 2.05) is 84.9 Å². The maximum absolute atomic E-state index is 14.6. The summed E-state index contributed by atoms with van der Waals surface area (Å²) in [4.78, 5) is 2.07. The summed E-state index contributed by atoms with van der Waals surface area (Å²) in [6.07, 6.45) is -1.10. The predicted molar refractivity (Wildman–Crippen MR) is 109 cm³/mol. The molecule has 1 atom stereocenters. The number of hydrogen-bond donors (Lipinski definition) is 0. The van der Waals surface area contributed by atoms with Gasteiger partial charge in [-0.25, -0.2) is 4.39 Å². The van der Waals surface area contributed by atoms with Gasteiger partial charge in [-0.1, -0.05) is 78.3 Å². The van der Waals surface area contributed by atoms with Gasteiger partial charge in [0.1, 0.15) is 18.5 Å². The first kappa shape index (κ1) is 19.4. The summed E-state index contributed by atoms with van der Waals surface area (Å²) in [6.45, 7) is 1.53. The molecule has 0 heterocycles. The Morgan fingerprint density at radius 2 is 1.44 bits per heavy atom. The summed E-state index contributed by atoms with van der Waals surface area (Å²) in [7, 11) is 0. The van der Waals surface area contributed by atoms with E-state index in [0.29, 0.717) is 23.9 Å². The van der Waals surface area contributed by atoms with E-state index < -0.39 is 6.17 Å². The molecule has 3 rings (SSSR count). The quantitative estimate of drug-likeness (QED) is 0.465. The molecule has 140 valence electrons. The van der Waals surface area contributed by atoms with E-state index in [1.165, 1.54) is 0 Å². The van der Waals surface area contributed by atoms with E-state index in [9.17, 15) is 4.39 Å². The largest absolute Gasteiger partial charge is 0.491 e. The van der Waals surface area contributed by atoms with Gasteiger partial charge in [-0.05, 0) is 29.3 Å². The van der Waals surface area contributed by atoms with E-state index in [4.69, 9.17) is 16.3 Å². The summed E-state index contributed by atoms with van der Waals surface area (Å²) < 4.78 is 20.2. The van der Waals surface area contributed by atoms with Gasteiger partial charge in [0.15, 0.2) is 0 Å². The van der Waals surface area contributed by atoms with Gasteiger partial charge in [-0.3, -0.25) is 4.90 Å². The molecular formula is C23H23ClFNO. The van der Waals surface area contributed by atoms with Gasteiger partial charge in [-0.15, -0.1) is 0 Å². The molecule has 0 amide bonds.